The summed E-state index contributed by atoms with van der Waals surface area (Å²) in [6, 6.07) is 9.56. The van der Waals surface area contributed by atoms with Crippen LogP contribution in [0.3, 0.4) is 0 Å². The van der Waals surface area contributed by atoms with Crippen molar-refractivity contribution in [3.05, 3.63) is 53.8 Å². The van der Waals surface area contributed by atoms with Gasteiger partial charge in [0.15, 0.2) is 0 Å². The zero-order valence-electron chi connectivity index (χ0n) is 23.8. The molecule has 2 aromatic rings. The first-order valence-electron chi connectivity index (χ1n) is 13.4. The molecule has 40 heavy (non-hydrogen) atoms. The van der Waals surface area contributed by atoms with Crippen LogP contribution in [0.5, 0.6) is 5.75 Å². The summed E-state index contributed by atoms with van der Waals surface area (Å²) in [5, 5.41) is 15.5. The normalized spacial score (nSPS) is 17.8. The largest absolute Gasteiger partial charge is 0.487 e. The lowest BCUT2D eigenvalue weighted by molar-refractivity contribution is -0.116. The number of benzene rings is 2. The van der Waals surface area contributed by atoms with Crippen molar-refractivity contribution < 1.29 is 28.6 Å². The number of fused-ring (bicyclic) bond motifs is 1. The molecule has 218 valence electrons. The molecule has 0 radical (unpaired) electrons. The fraction of sp³-hybridized carbons (Fsp3) is 0.483. The summed E-state index contributed by atoms with van der Waals surface area (Å²) in [5.74, 6) is -0.724. The highest BCUT2D eigenvalue weighted by Gasteiger charge is 2.34. The second-order valence-corrected chi connectivity index (χ2v) is 10.6. The quantitative estimate of drug-likeness (QED) is 0.412. The van der Waals surface area contributed by atoms with Crippen molar-refractivity contribution >= 4 is 29.2 Å². The maximum atomic E-state index is 13.6. The topological polar surface area (TPSA) is 114 Å². The number of nitrogens with one attached hydrogen (secondary N) is 2. The number of halogens is 1. The molecular formula is C29H40FN5O5. The zero-order valence-corrected chi connectivity index (χ0v) is 23.8. The fourth-order valence-corrected chi connectivity index (χ4v) is 4.40. The number of carbonyl (C=O) groups is 3. The number of urea groups is 1. The van der Waals surface area contributed by atoms with Gasteiger partial charge >= 0.3 is 6.03 Å². The Morgan fingerprint density at radius 1 is 1.12 bits per heavy atom. The number of amides is 4. The molecule has 0 fully saturated rings. The van der Waals surface area contributed by atoms with E-state index < -0.39 is 24.0 Å². The van der Waals surface area contributed by atoms with Gasteiger partial charge in [0, 0.05) is 37.3 Å². The average Bonchev–Trinajstić information content (AvgIpc) is 2.91. The van der Waals surface area contributed by atoms with Gasteiger partial charge in [0.25, 0.3) is 5.91 Å². The van der Waals surface area contributed by atoms with Gasteiger partial charge in [0.1, 0.15) is 17.7 Å². The van der Waals surface area contributed by atoms with Crippen LogP contribution in [-0.4, -0.2) is 97.2 Å². The zero-order chi connectivity index (χ0) is 29.4. The van der Waals surface area contributed by atoms with Gasteiger partial charge in [0.2, 0.25) is 5.91 Å². The Hall–Kier alpha value is -3.70. The van der Waals surface area contributed by atoms with E-state index in [0.717, 1.165) is 6.54 Å². The van der Waals surface area contributed by atoms with Crippen LogP contribution in [0.4, 0.5) is 20.6 Å². The number of hydrogen-bond donors (Lipinski definition) is 3. The van der Waals surface area contributed by atoms with Crippen LogP contribution < -0.4 is 15.4 Å². The number of rotatable bonds is 10. The van der Waals surface area contributed by atoms with Gasteiger partial charge in [0.05, 0.1) is 24.8 Å². The maximum Gasteiger partial charge on any atom is 0.321 e. The summed E-state index contributed by atoms with van der Waals surface area (Å²) in [7, 11) is 5.52. The number of aliphatic hydroxyl groups is 1. The first kappa shape index (κ1) is 30.8. The molecule has 1 heterocycles. The molecule has 0 spiro atoms. The molecule has 1 aliphatic heterocycles. The highest BCUT2D eigenvalue weighted by Crippen LogP contribution is 2.31. The number of anilines is 2. The van der Waals surface area contributed by atoms with Crippen molar-refractivity contribution in [1.82, 2.24) is 14.7 Å². The number of aliphatic hydroxyl groups excluding tert-OH is 1. The van der Waals surface area contributed by atoms with E-state index in [4.69, 9.17) is 4.74 Å². The highest BCUT2D eigenvalue weighted by atomic mass is 19.1. The fourth-order valence-electron chi connectivity index (χ4n) is 4.40. The predicted octanol–water partition coefficient (Wildman–Crippen LogP) is 3.49. The van der Waals surface area contributed by atoms with Gasteiger partial charge in [-0.05, 0) is 76.4 Å². The van der Waals surface area contributed by atoms with E-state index in [-0.39, 0.29) is 36.4 Å². The van der Waals surface area contributed by atoms with Crippen LogP contribution in [-0.2, 0) is 4.79 Å². The molecule has 3 atom stereocenters. The molecule has 0 aromatic heterocycles. The highest BCUT2D eigenvalue weighted by molar-refractivity contribution is 6.00. The summed E-state index contributed by atoms with van der Waals surface area (Å²) in [5.41, 5.74) is 1.20. The van der Waals surface area contributed by atoms with Gasteiger partial charge in [-0.2, -0.15) is 0 Å². The molecule has 0 saturated heterocycles. The Morgan fingerprint density at radius 2 is 1.80 bits per heavy atom. The predicted molar refractivity (Wildman–Crippen MR) is 152 cm³/mol. The van der Waals surface area contributed by atoms with Gasteiger partial charge in [-0.25, -0.2) is 9.18 Å². The lowest BCUT2D eigenvalue weighted by atomic mass is 9.99. The van der Waals surface area contributed by atoms with E-state index in [0.29, 0.717) is 36.5 Å². The third kappa shape index (κ3) is 8.40. The molecule has 0 saturated carbocycles. The Labute approximate surface area is 235 Å². The van der Waals surface area contributed by atoms with E-state index in [2.05, 4.69) is 10.6 Å². The van der Waals surface area contributed by atoms with Crippen LogP contribution >= 0.6 is 0 Å². The Kier molecular flexibility index (Phi) is 10.9. The summed E-state index contributed by atoms with van der Waals surface area (Å²) in [6.07, 6.45) is 0.560. The Bertz CT molecular complexity index is 1180. The number of carbonyl (C=O) groups excluding carboxylic acids is 3. The molecule has 10 nitrogen and oxygen atoms in total. The number of ether oxygens (including phenoxy) is 1. The van der Waals surface area contributed by atoms with E-state index >= 15 is 0 Å². The van der Waals surface area contributed by atoms with Crippen LogP contribution in [0.1, 0.15) is 37.0 Å². The first-order valence-corrected chi connectivity index (χ1v) is 13.4. The Morgan fingerprint density at radius 3 is 2.45 bits per heavy atom. The van der Waals surface area contributed by atoms with Crippen molar-refractivity contribution in [2.45, 2.75) is 38.8 Å². The second-order valence-electron chi connectivity index (χ2n) is 10.6. The maximum absolute atomic E-state index is 13.6. The van der Waals surface area contributed by atoms with Crippen molar-refractivity contribution in [1.29, 1.82) is 0 Å². The minimum atomic E-state index is -0.490. The molecule has 0 aliphatic carbocycles. The van der Waals surface area contributed by atoms with E-state index in [1.165, 1.54) is 29.2 Å². The molecule has 1 aliphatic rings. The van der Waals surface area contributed by atoms with E-state index in [1.54, 1.807) is 37.1 Å². The van der Waals surface area contributed by atoms with Gasteiger partial charge < -0.3 is 35.2 Å². The van der Waals surface area contributed by atoms with Gasteiger partial charge in [-0.3, -0.25) is 9.59 Å². The minimum absolute atomic E-state index is 0.151. The van der Waals surface area contributed by atoms with Crippen molar-refractivity contribution in [3.8, 4) is 5.75 Å². The van der Waals surface area contributed by atoms with Gasteiger partial charge in [-0.15, -0.1) is 0 Å². The third-order valence-corrected chi connectivity index (χ3v) is 6.85. The SMILES string of the molecule is C[C@H]1CN([C@@H](C)CO)C(=O)c2cc(NC(=O)CCCN(C)C)ccc2O[C@H]1CN(C)C(=O)Nc1ccc(F)cc1. The van der Waals surface area contributed by atoms with Gasteiger partial charge in [-0.1, -0.05) is 6.92 Å². The summed E-state index contributed by atoms with van der Waals surface area (Å²) in [4.78, 5) is 44.0. The third-order valence-electron chi connectivity index (χ3n) is 6.85. The van der Waals surface area contributed by atoms with Crippen LogP contribution in [0, 0.1) is 11.7 Å². The number of likely N-dealkylation sites (N-methyl/N-ethyl adjacent to an activating group) is 1. The van der Waals surface area contributed by atoms with Crippen molar-refractivity contribution in [2.24, 2.45) is 5.92 Å². The molecule has 0 unspecified atom stereocenters. The monoisotopic (exact) mass is 557 g/mol. The number of nitrogens with zero attached hydrogens (tertiary/aromatic N) is 3. The average molecular weight is 558 g/mol. The Balaban J connectivity index is 1.81. The molecule has 11 heteroatoms. The summed E-state index contributed by atoms with van der Waals surface area (Å²) >= 11 is 0. The summed E-state index contributed by atoms with van der Waals surface area (Å²) < 4.78 is 19.5. The lowest BCUT2D eigenvalue weighted by Crippen LogP contribution is -2.50. The number of hydrogen-bond acceptors (Lipinski definition) is 6. The minimum Gasteiger partial charge on any atom is -0.487 e. The molecule has 0 bridgehead atoms. The molecule has 2 aromatic carbocycles. The van der Waals surface area contributed by atoms with Crippen LogP contribution in [0.25, 0.3) is 0 Å². The molecule has 3 rings (SSSR count). The smallest absolute Gasteiger partial charge is 0.321 e. The molecule has 3 N–H and O–H groups in total. The summed E-state index contributed by atoms with van der Waals surface area (Å²) in [6.45, 7) is 4.75. The van der Waals surface area contributed by atoms with E-state index in [1.807, 2.05) is 25.9 Å². The van der Waals surface area contributed by atoms with Crippen LogP contribution in [0.15, 0.2) is 42.5 Å². The standard InChI is InChI=1S/C29H40FN5O5/c1-19-16-35(20(2)18-36)28(38)24-15-23(31-27(37)7-6-14-33(3)4)12-13-25(24)40-26(19)17-34(5)29(39)32-22-10-8-21(30)9-11-22/h8-13,15,19-20,26,36H,6-7,14,16-18H2,1-5H3,(H,31,37)(H,32,39)/t19-,20-,26-/m0/s1. The van der Waals surface area contributed by atoms with E-state index in [9.17, 15) is 23.9 Å². The van der Waals surface area contributed by atoms with Crippen LogP contribution in [0.2, 0.25) is 0 Å². The molecular weight excluding hydrogens is 517 g/mol. The van der Waals surface area contributed by atoms with Crippen molar-refractivity contribution in [3.63, 3.8) is 0 Å². The molecule has 4 amide bonds. The second kappa shape index (κ2) is 14.1. The first-order chi connectivity index (χ1) is 19.0. The van der Waals surface area contributed by atoms with Crippen molar-refractivity contribution in [2.75, 3.05) is 58.0 Å². The lowest BCUT2D eigenvalue weighted by Gasteiger charge is -2.38.